The molecule has 1 aromatic rings. The first kappa shape index (κ1) is 10.9. The summed E-state index contributed by atoms with van der Waals surface area (Å²) in [7, 11) is 2.18. The molecule has 1 atom stereocenters. The summed E-state index contributed by atoms with van der Waals surface area (Å²) in [5.74, 6) is 0. The molecular weight excluding hydrogens is 210 g/mol. The molecule has 1 fully saturated rings. The van der Waals surface area contributed by atoms with Crippen molar-refractivity contribution in [2.45, 2.75) is 18.9 Å². The highest BCUT2D eigenvalue weighted by molar-refractivity contribution is 5.73. The summed E-state index contributed by atoms with van der Waals surface area (Å²) in [4.78, 5) is 4.90. The van der Waals surface area contributed by atoms with Crippen LogP contribution >= 0.6 is 0 Å². The van der Waals surface area contributed by atoms with Crippen LogP contribution in [0.25, 0.3) is 0 Å². The maximum absolute atomic E-state index is 3.59. The lowest BCUT2D eigenvalue weighted by Crippen LogP contribution is -2.44. The number of fused-ring (bicyclic) bond motifs is 1. The Morgan fingerprint density at radius 1 is 1.24 bits per heavy atom. The molecule has 1 N–H and O–H groups in total. The molecule has 2 aliphatic heterocycles. The van der Waals surface area contributed by atoms with E-state index in [9.17, 15) is 0 Å². The summed E-state index contributed by atoms with van der Waals surface area (Å²) in [5.41, 5.74) is 2.77. The minimum Gasteiger partial charge on any atom is -0.371 e. The third-order valence-corrected chi connectivity index (χ3v) is 3.94. The van der Waals surface area contributed by atoms with Gasteiger partial charge in [-0.1, -0.05) is 12.1 Å². The molecule has 0 bridgehead atoms. The molecule has 0 amide bonds. The van der Waals surface area contributed by atoms with E-state index in [1.165, 1.54) is 30.8 Å². The SMILES string of the molecule is CN1CCN(C[C@@H]2CCCN2)c2ccccc21. The van der Waals surface area contributed by atoms with E-state index in [4.69, 9.17) is 0 Å². The van der Waals surface area contributed by atoms with Crippen LogP contribution in [0.1, 0.15) is 12.8 Å². The lowest BCUT2D eigenvalue weighted by Gasteiger charge is -2.38. The monoisotopic (exact) mass is 231 g/mol. The van der Waals surface area contributed by atoms with Gasteiger partial charge in [-0.15, -0.1) is 0 Å². The van der Waals surface area contributed by atoms with Gasteiger partial charge in [0.25, 0.3) is 0 Å². The van der Waals surface area contributed by atoms with Gasteiger partial charge < -0.3 is 15.1 Å². The van der Waals surface area contributed by atoms with Gasteiger partial charge >= 0.3 is 0 Å². The van der Waals surface area contributed by atoms with E-state index in [0.717, 1.165) is 19.6 Å². The van der Waals surface area contributed by atoms with Crippen LogP contribution in [0.5, 0.6) is 0 Å². The molecule has 0 spiro atoms. The number of nitrogens with one attached hydrogen (secondary N) is 1. The third-order valence-electron chi connectivity index (χ3n) is 3.94. The van der Waals surface area contributed by atoms with Crippen LogP contribution in [-0.2, 0) is 0 Å². The first-order chi connectivity index (χ1) is 8.34. The second-order valence-electron chi connectivity index (χ2n) is 5.15. The Kier molecular flexibility index (Phi) is 2.93. The molecule has 0 radical (unpaired) electrons. The van der Waals surface area contributed by atoms with Gasteiger partial charge in [0.1, 0.15) is 0 Å². The summed E-state index contributed by atoms with van der Waals surface area (Å²) in [6, 6.07) is 9.44. The van der Waals surface area contributed by atoms with Crippen LogP contribution in [0, 0.1) is 0 Å². The maximum atomic E-state index is 3.59. The summed E-state index contributed by atoms with van der Waals surface area (Å²) >= 11 is 0. The van der Waals surface area contributed by atoms with Crippen molar-refractivity contribution < 1.29 is 0 Å². The Bertz CT molecular complexity index is 385. The molecule has 3 rings (SSSR count). The zero-order valence-electron chi connectivity index (χ0n) is 10.5. The molecule has 0 aromatic heterocycles. The van der Waals surface area contributed by atoms with Crippen LogP contribution in [0.3, 0.4) is 0 Å². The van der Waals surface area contributed by atoms with Crippen LogP contribution in [-0.4, -0.2) is 39.3 Å². The highest BCUT2D eigenvalue weighted by atomic mass is 15.3. The van der Waals surface area contributed by atoms with Gasteiger partial charge in [0.2, 0.25) is 0 Å². The number of rotatable bonds is 2. The minimum atomic E-state index is 0.687. The van der Waals surface area contributed by atoms with Gasteiger partial charge in [-0.25, -0.2) is 0 Å². The van der Waals surface area contributed by atoms with Gasteiger partial charge in [-0.05, 0) is 31.5 Å². The second-order valence-corrected chi connectivity index (χ2v) is 5.15. The summed E-state index contributed by atoms with van der Waals surface area (Å²) in [5, 5.41) is 3.59. The fourth-order valence-electron chi connectivity index (χ4n) is 2.93. The van der Waals surface area contributed by atoms with Crippen molar-refractivity contribution in [1.29, 1.82) is 0 Å². The van der Waals surface area contributed by atoms with Crippen LogP contribution in [0.15, 0.2) is 24.3 Å². The number of hydrogen-bond acceptors (Lipinski definition) is 3. The summed E-state index contributed by atoms with van der Waals surface area (Å²) in [6.07, 6.45) is 2.66. The number of likely N-dealkylation sites (N-methyl/N-ethyl adjacent to an activating group) is 1. The van der Waals surface area contributed by atoms with Crippen LogP contribution in [0.4, 0.5) is 11.4 Å². The van der Waals surface area contributed by atoms with Gasteiger partial charge in [-0.2, -0.15) is 0 Å². The Labute approximate surface area is 103 Å². The number of hydrogen-bond donors (Lipinski definition) is 1. The van der Waals surface area contributed by atoms with Crippen molar-refractivity contribution >= 4 is 11.4 Å². The molecule has 1 saturated heterocycles. The maximum Gasteiger partial charge on any atom is 0.0605 e. The zero-order chi connectivity index (χ0) is 11.7. The predicted molar refractivity (Wildman–Crippen MR) is 72.9 cm³/mol. The Hall–Kier alpha value is -1.22. The van der Waals surface area contributed by atoms with Crippen LogP contribution in [0.2, 0.25) is 0 Å². The molecule has 0 unspecified atom stereocenters. The number of benzene rings is 1. The van der Waals surface area contributed by atoms with Crippen molar-refractivity contribution in [2.75, 3.05) is 43.0 Å². The topological polar surface area (TPSA) is 18.5 Å². The van der Waals surface area contributed by atoms with Gasteiger partial charge in [0.15, 0.2) is 0 Å². The molecule has 1 aromatic carbocycles. The lowest BCUT2D eigenvalue weighted by atomic mass is 10.1. The van der Waals surface area contributed by atoms with Crippen molar-refractivity contribution in [2.24, 2.45) is 0 Å². The van der Waals surface area contributed by atoms with Gasteiger partial charge in [-0.3, -0.25) is 0 Å². The van der Waals surface area contributed by atoms with E-state index < -0.39 is 0 Å². The molecule has 3 heteroatoms. The lowest BCUT2D eigenvalue weighted by molar-refractivity contribution is 0.574. The molecule has 0 saturated carbocycles. The average Bonchev–Trinajstić information content (AvgIpc) is 2.86. The van der Waals surface area contributed by atoms with Gasteiger partial charge in [0, 0.05) is 32.7 Å². The normalized spacial score (nSPS) is 23.9. The summed E-state index contributed by atoms with van der Waals surface area (Å²) in [6.45, 7) is 4.63. The largest absolute Gasteiger partial charge is 0.371 e. The van der Waals surface area contributed by atoms with E-state index in [2.05, 4.69) is 46.4 Å². The molecule has 0 aliphatic carbocycles. The number of anilines is 2. The van der Waals surface area contributed by atoms with Crippen LogP contribution < -0.4 is 15.1 Å². The standard InChI is InChI=1S/C14H21N3/c1-16-9-10-17(11-12-5-4-8-15-12)14-7-3-2-6-13(14)16/h2-3,6-7,12,15H,4-5,8-11H2,1H3/t12-/m0/s1. The molecule has 92 valence electrons. The molecule has 17 heavy (non-hydrogen) atoms. The van der Waals surface area contributed by atoms with Crippen molar-refractivity contribution in [3.05, 3.63) is 24.3 Å². The number of nitrogens with zero attached hydrogens (tertiary/aromatic N) is 2. The van der Waals surface area contributed by atoms with E-state index in [1.807, 2.05) is 0 Å². The fourth-order valence-corrected chi connectivity index (χ4v) is 2.93. The fraction of sp³-hybridized carbons (Fsp3) is 0.571. The molecule has 2 aliphatic rings. The molecule has 3 nitrogen and oxygen atoms in total. The van der Waals surface area contributed by atoms with E-state index in [1.54, 1.807) is 0 Å². The number of para-hydroxylation sites is 2. The first-order valence-corrected chi connectivity index (χ1v) is 6.63. The first-order valence-electron chi connectivity index (χ1n) is 6.63. The predicted octanol–water partition coefficient (Wildman–Crippen LogP) is 1.69. The van der Waals surface area contributed by atoms with Crippen molar-refractivity contribution in [3.63, 3.8) is 0 Å². The Balaban J connectivity index is 1.79. The quantitative estimate of drug-likeness (QED) is 0.835. The average molecular weight is 231 g/mol. The smallest absolute Gasteiger partial charge is 0.0605 e. The Morgan fingerprint density at radius 3 is 2.82 bits per heavy atom. The Morgan fingerprint density at radius 2 is 2.06 bits per heavy atom. The van der Waals surface area contributed by atoms with E-state index in [0.29, 0.717) is 6.04 Å². The van der Waals surface area contributed by atoms with E-state index >= 15 is 0 Å². The molecule has 2 heterocycles. The van der Waals surface area contributed by atoms with Crippen molar-refractivity contribution in [1.82, 2.24) is 5.32 Å². The van der Waals surface area contributed by atoms with Crippen molar-refractivity contribution in [3.8, 4) is 0 Å². The zero-order valence-corrected chi connectivity index (χ0v) is 10.5. The molecular formula is C14H21N3. The van der Waals surface area contributed by atoms with Gasteiger partial charge in [0.05, 0.1) is 11.4 Å². The summed E-state index contributed by atoms with van der Waals surface area (Å²) < 4.78 is 0. The highest BCUT2D eigenvalue weighted by Gasteiger charge is 2.23. The second kappa shape index (κ2) is 4.57. The highest BCUT2D eigenvalue weighted by Crippen LogP contribution is 2.32. The van der Waals surface area contributed by atoms with E-state index in [-0.39, 0.29) is 0 Å². The minimum absolute atomic E-state index is 0.687. The third kappa shape index (κ3) is 2.12.